The molecule has 1 aliphatic rings. The first-order valence-corrected chi connectivity index (χ1v) is 10.1. The number of H-pyrrole nitrogens is 1. The molecule has 0 spiro atoms. The van der Waals surface area contributed by atoms with E-state index in [1.54, 1.807) is 0 Å². The number of aromatic amines is 1. The molecule has 2 aromatic carbocycles. The molecule has 0 aliphatic heterocycles. The molecule has 0 saturated heterocycles. The molecule has 146 valence electrons. The number of hydrogen-bond donors (Lipinski definition) is 3. The number of amides is 2. The fraction of sp³-hybridized carbons (Fsp3) is 0.375. The van der Waals surface area contributed by atoms with Crippen molar-refractivity contribution in [1.29, 1.82) is 0 Å². The molecule has 1 aromatic heterocycles. The third-order valence-electron chi connectivity index (χ3n) is 5.69. The summed E-state index contributed by atoms with van der Waals surface area (Å²) in [5.74, 6) is 0. The van der Waals surface area contributed by atoms with Gasteiger partial charge < -0.3 is 15.6 Å². The monoisotopic (exact) mass is 375 g/mol. The van der Waals surface area contributed by atoms with Crippen LogP contribution in [-0.2, 0) is 18.3 Å². The van der Waals surface area contributed by atoms with Crippen LogP contribution in [0.4, 0.5) is 10.5 Å². The van der Waals surface area contributed by atoms with Gasteiger partial charge >= 0.3 is 6.03 Å². The summed E-state index contributed by atoms with van der Waals surface area (Å²) in [6.07, 6.45) is 2.80. The standard InChI is InChI=1S/C24H29N3O/c1-15-5-12-21-20(13-15)19-11-10-18(14-22(19)27-21)26-23(28)25-17-8-6-16(7-9-17)24(2,3)4/h5-9,12-13,18,27H,10-11,14H2,1-4H3,(H2,25,26,28). The molecular formula is C24H29N3O. The molecule has 4 nitrogen and oxygen atoms in total. The Hall–Kier alpha value is -2.75. The molecule has 4 rings (SSSR count). The van der Waals surface area contributed by atoms with Crippen LogP contribution in [0.3, 0.4) is 0 Å². The highest BCUT2D eigenvalue weighted by molar-refractivity contribution is 5.90. The summed E-state index contributed by atoms with van der Waals surface area (Å²) >= 11 is 0. The Morgan fingerprint density at radius 2 is 1.86 bits per heavy atom. The summed E-state index contributed by atoms with van der Waals surface area (Å²) in [6.45, 7) is 8.69. The molecule has 0 bridgehead atoms. The second-order valence-corrected chi connectivity index (χ2v) is 9.00. The summed E-state index contributed by atoms with van der Waals surface area (Å²) in [4.78, 5) is 16.0. The van der Waals surface area contributed by atoms with Crippen molar-refractivity contribution in [3.05, 3.63) is 64.8 Å². The summed E-state index contributed by atoms with van der Waals surface area (Å²) in [5.41, 5.74) is 7.33. The Morgan fingerprint density at radius 1 is 1.11 bits per heavy atom. The van der Waals surface area contributed by atoms with Crippen molar-refractivity contribution in [3.63, 3.8) is 0 Å². The molecule has 3 N–H and O–H groups in total. The number of nitrogens with one attached hydrogen (secondary N) is 3. The molecule has 1 atom stereocenters. The van der Waals surface area contributed by atoms with E-state index in [0.29, 0.717) is 0 Å². The highest BCUT2D eigenvalue weighted by Gasteiger charge is 2.23. The minimum absolute atomic E-state index is 0.110. The second kappa shape index (κ2) is 7.01. The topological polar surface area (TPSA) is 56.9 Å². The van der Waals surface area contributed by atoms with Crippen molar-refractivity contribution in [1.82, 2.24) is 10.3 Å². The van der Waals surface area contributed by atoms with Crippen LogP contribution in [0.15, 0.2) is 42.5 Å². The van der Waals surface area contributed by atoms with Crippen LogP contribution in [-0.4, -0.2) is 17.1 Å². The van der Waals surface area contributed by atoms with Crippen LogP contribution in [0.5, 0.6) is 0 Å². The van der Waals surface area contributed by atoms with Crippen molar-refractivity contribution >= 4 is 22.6 Å². The van der Waals surface area contributed by atoms with Gasteiger partial charge in [-0.15, -0.1) is 0 Å². The maximum Gasteiger partial charge on any atom is 0.319 e. The maximum absolute atomic E-state index is 12.5. The minimum Gasteiger partial charge on any atom is -0.358 e. The molecule has 28 heavy (non-hydrogen) atoms. The molecule has 0 radical (unpaired) electrons. The SMILES string of the molecule is Cc1ccc2[nH]c3c(c2c1)CCC(NC(=O)Nc1ccc(C(C)(C)C)cc1)C3. The zero-order valence-corrected chi connectivity index (χ0v) is 17.1. The largest absolute Gasteiger partial charge is 0.358 e. The summed E-state index contributed by atoms with van der Waals surface area (Å²) in [6, 6.07) is 14.7. The number of fused-ring (bicyclic) bond motifs is 3. The smallest absolute Gasteiger partial charge is 0.319 e. The van der Waals surface area contributed by atoms with Crippen molar-refractivity contribution in [2.45, 2.75) is 58.4 Å². The van der Waals surface area contributed by atoms with E-state index in [9.17, 15) is 4.79 Å². The van der Waals surface area contributed by atoms with Gasteiger partial charge in [0, 0.05) is 34.7 Å². The lowest BCUT2D eigenvalue weighted by Gasteiger charge is -2.24. The minimum atomic E-state index is -0.135. The van der Waals surface area contributed by atoms with Gasteiger partial charge in [0.15, 0.2) is 0 Å². The number of hydrogen-bond acceptors (Lipinski definition) is 1. The second-order valence-electron chi connectivity index (χ2n) is 9.00. The van der Waals surface area contributed by atoms with Gasteiger partial charge in [-0.05, 0) is 60.6 Å². The highest BCUT2D eigenvalue weighted by atomic mass is 16.2. The number of anilines is 1. The van der Waals surface area contributed by atoms with Crippen molar-refractivity contribution in [2.75, 3.05) is 5.32 Å². The van der Waals surface area contributed by atoms with Gasteiger partial charge in [0.25, 0.3) is 0 Å². The highest BCUT2D eigenvalue weighted by Crippen LogP contribution is 2.30. The van der Waals surface area contributed by atoms with Crippen LogP contribution in [0.1, 0.15) is 49.6 Å². The Labute approximate surface area is 166 Å². The van der Waals surface area contributed by atoms with E-state index in [2.05, 4.69) is 73.6 Å². The van der Waals surface area contributed by atoms with E-state index in [1.807, 2.05) is 12.1 Å². The Kier molecular flexibility index (Phi) is 4.66. The third kappa shape index (κ3) is 3.77. The van der Waals surface area contributed by atoms with Gasteiger partial charge in [-0.3, -0.25) is 0 Å². The number of urea groups is 1. The summed E-state index contributed by atoms with van der Waals surface area (Å²) < 4.78 is 0. The molecular weight excluding hydrogens is 346 g/mol. The molecule has 1 aliphatic carbocycles. The van der Waals surface area contributed by atoms with Gasteiger partial charge in [0.2, 0.25) is 0 Å². The zero-order valence-electron chi connectivity index (χ0n) is 17.1. The van der Waals surface area contributed by atoms with E-state index in [0.717, 1.165) is 24.9 Å². The zero-order chi connectivity index (χ0) is 19.9. The maximum atomic E-state index is 12.5. The van der Waals surface area contributed by atoms with Crippen LogP contribution in [0.2, 0.25) is 0 Å². The molecule has 1 unspecified atom stereocenters. The average molecular weight is 376 g/mol. The lowest BCUT2D eigenvalue weighted by atomic mass is 9.87. The van der Waals surface area contributed by atoms with E-state index in [1.165, 1.54) is 33.3 Å². The fourth-order valence-corrected chi connectivity index (χ4v) is 4.07. The van der Waals surface area contributed by atoms with Gasteiger partial charge in [-0.1, -0.05) is 44.5 Å². The molecule has 4 heteroatoms. The third-order valence-corrected chi connectivity index (χ3v) is 5.69. The number of benzene rings is 2. The predicted molar refractivity (Wildman–Crippen MR) is 116 cm³/mol. The summed E-state index contributed by atoms with van der Waals surface area (Å²) in [5, 5.41) is 7.43. The molecule has 0 fully saturated rings. The van der Waals surface area contributed by atoms with Gasteiger partial charge in [-0.2, -0.15) is 0 Å². The van der Waals surface area contributed by atoms with Crippen molar-refractivity contribution in [2.24, 2.45) is 0 Å². The van der Waals surface area contributed by atoms with Crippen molar-refractivity contribution in [3.8, 4) is 0 Å². The van der Waals surface area contributed by atoms with E-state index >= 15 is 0 Å². The quantitative estimate of drug-likeness (QED) is 0.548. The fourth-order valence-electron chi connectivity index (χ4n) is 4.07. The number of aryl methyl sites for hydroxylation is 2. The lowest BCUT2D eigenvalue weighted by molar-refractivity contribution is 0.247. The normalized spacial score (nSPS) is 16.6. The molecule has 1 heterocycles. The van der Waals surface area contributed by atoms with Crippen LogP contribution in [0, 0.1) is 6.92 Å². The van der Waals surface area contributed by atoms with Gasteiger partial charge in [0.1, 0.15) is 0 Å². The summed E-state index contributed by atoms with van der Waals surface area (Å²) in [7, 11) is 0. The average Bonchev–Trinajstić information content (AvgIpc) is 2.98. The first-order chi connectivity index (χ1) is 13.3. The first-order valence-electron chi connectivity index (χ1n) is 10.1. The lowest BCUT2D eigenvalue weighted by Crippen LogP contribution is -2.41. The van der Waals surface area contributed by atoms with E-state index < -0.39 is 0 Å². The molecule has 3 aromatic rings. The molecule has 2 amide bonds. The number of carbonyl (C=O) groups excluding carboxylic acids is 1. The van der Waals surface area contributed by atoms with Gasteiger partial charge in [-0.25, -0.2) is 4.79 Å². The van der Waals surface area contributed by atoms with Crippen LogP contribution < -0.4 is 10.6 Å². The Balaban J connectivity index is 1.40. The number of carbonyl (C=O) groups is 1. The Bertz CT molecular complexity index is 1010. The first kappa shape index (κ1) is 18.6. The van der Waals surface area contributed by atoms with E-state index in [4.69, 9.17) is 0 Å². The van der Waals surface area contributed by atoms with Crippen LogP contribution in [0.25, 0.3) is 10.9 Å². The van der Waals surface area contributed by atoms with Gasteiger partial charge in [0.05, 0.1) is 0 Å². The number of aromatic nitrogens is 1. The molecule has 0 saturated carbocycles. The Morgan fingerprint density at radius 3 is 2.57 bits per heavy atom. The van der Waals surface area contributed by atoms with Crippen LogP contribution >= 0.6 is 0 Å². The number of rotatable bonds is 2. The van der Waals surface area contributed by atoms with Crippen molar-refractivity contribution < 1.29 is 4.79 Å². The van der Waals surface area contributed by atoms with E-state index in [-0.39, 0.29) is 17.5 Å². The predicted octanol–water partition coefficient (Wildman–Crippen LogP) is 5.45.